The van der Waals surface area contributed by atoms with E-state index in [9.17, 15) is 4.57 Å². The summed E-state index contributed by atoms with van der Waals surface area (Å²) in [6.45, 7) is -0.526. The van der Waals surface area contributed by atoms with Gasteiger partial charge in [0.2, 0.25) is 0 Å². The first-order valence-corrected chi connectivity index (χ1v) is 10.8. The monoisotopic (exact) mass is 296 g/mol. The summed E-state index contributed by atoms with van der Waals surface area (Å²) in [5, 5.41) is 2.83. The Labute approximate surface area is 111 Å². The zero-order valence-electron chi connectivity index (χ0n) is 10.4. The Morgan fingerprint density at radius 1 is 1.47 bits per heavy atom. The molecule has 0 bridgehead atoms. The van der Waals surface area contributed by atoms with Crippen molar-refractivity contribution in [3.05, 3.63) is 0 Å². The second-order valence-electron chi connectivity index (χ2n) is 3.86. The van der Waals surface area contributed by atoms with E-state index in [1.807, 2.05) is 13.2 Å². The highest BCUT2D eigenvalue weighted by Crippen LogP contribution is 2.60. The second-order valence-corrected chi connectivity index (χ2v) is 10.1. The van der Waals surface area contributed by atoms with Crippen LogP contribution in [0.4, 0.5) is 0 Å². The molecule has 7 heteroatoms. The van der Waals surface area contributed by atoms with E-state index in [0.717, 1.165) is 12.8 Å². The van der Waals surface area contributed by atoms with Gasteiger partial charge in [-0.15, -0.1) is 0 Å². The van der Waals surface area contributed by atoms with Gasteiger partial charge in [0.15, 0.2) is 0 Å². The molecular weight excluding hydrogens is 275 g/mol. The van der Waals surface area contributed by atoms with Gasteiger partial charge in [0, 0.05) is 10.4 Å². The lowest BCUT2D eigenvalue weighted by atomic mass is 9.96. The third-order valence-corrected chi connectivity index (χ3v) is 8.70. The number of nitrogens with one attached hydrogen (secondary N) is 1. The molecule has 0 amide bonds. The Morgan fingerprint density at radius 3 is 2.76 bits per heavy atom. The lowest BCUT2D eigenvalue weighted by molar-refractivity contribution is 0.343. The number of hydrogen-bond acceptors (Lipinski definition) is 5. The van der Waals surface area contributed by atoms with E-state index in [4.69, 9.17) is 4.52 Å². The largest absolute Gasteiger partial charge is 0.362 e. The second kappa shape index (κ2) is 8.46. The highest BCUT2D eigenvalue weighted by atomic mass is 33.3. The van der Waals surface area contributed by atoms with Crippen molar-refractivity contribution in [3.63, 3.8) is 0 Å². The van der Waals surface area contributed by atoms with Gasteiger partial charge in [-0.05, 0) is 26.0 Å². The van der Waals surface area contributed by atoms with Crippen LogP contribution in [-0.4, -0.2) is 25.2 Å². The fourth-order valence-corrected chi connectivity index (χ4v) is 6.54. The fourth-order valence-electron chi connectivity index (χ4n) is 1.79. The molecule has 0 aromatic carbocycles. The molecule has 100 valence electrons. The van der Waals surface area contributed by atoms with Crippen LogP contribution in [0.15, 0.2) is 4.99 Å². The summed E-state index contributed by atoms with van der Waals surface area (Å²) in [6.07, 6.45) is 9.58. The predicted octanol–water partition coefficient (Wildman–Crippen LogP) is 4.09. The van der Waals surface area contributed by atoms with Gasteiger partial charge in [0.25, 0.3) is 0 Å². The molecular formula is C10H21N2O2PS2. The molecule has 1 rings (SSSR count). The summed E-state index contributed by atoms with van der Waals surface area (Å²) in [5.74, 6) is 0. The van der Waals surface area contributed by atoms with E-state index in [1.54, 1.807) is 6.34 Å². The molecule has 0 aliphatic heterocycles. The lowest BCUT2D eigenvalue weighted by Gasteiger charge is -2.18. The van der Waals surface area contributed by atoms with Crippen LogP contribution in [0.3, 0.4) is 0 Å². The summed E-state index contributed by atoms with van der Waals surface area (Å²) in [4.78, 5) is 4.42. The van der Waals surface area contributed by atoms with Gasteiger partial charge in [-0.2, -0.15) is 0 Å². The maximum absolute atomic E-state index is 12.2. The van der Waals surface area contributed by atoms with Gasteiger partial charge in [-0.3, -0.25) is 14.6 Å². The fraction of sp³-hybridized carbons (Fsp3) is 0.900. The smallest absolute Gasteiger partial charge is 0.306 e. The molecule has 1 unspecified atom stereocenters. The minimum Gasteiger partial charge on any atom is -0.306 e. The van der Waals surface area contributed by atoms with Crippen molar-refractivity contribution in [2.75, 3.05) is 12.9 Å². The first-order valence-electron chi connectivity index (χ1n) is 5.96. The summed E-state index contributed by atoms with van der Waals surface area (Å²) < 4.78 is 17.4. The Morgan fingerprint density at radius 2 is 2.18 bits per heavy atom. The molecule has 1 fully saturated rings. The van der Waals surface area contributed by atoms with Crippen molar-refractivity contribution >= 4 is 34.3 Å². The zero-order valence-corrected chi connectivity index (χ0v) is 13.0. The molecule has 1 aliphatic rings. The molecule has 0 heterocycles. The highest BCUT2D eigenvalue weighted by molar-refractivity contribution is 8.98. The molecule has 0 radical (unpaired) electrons. The van der Waals surface area contributed by atoms with Gasteiger partial charge >= 0.3 is 6.72 Å². The topological polar surface area (TPSA) is 50.7 Å². The average Bonchev–Trinajstić information content (AvgIpc) is 2.31. The lowest BCUT2D eigenvalue weighted by Crippen LogP contribution is -2.14. The molecule has 0 aromatic heterocycles. The van der Waals surface area contributed by atoms with Crippen molar-refractivity contribution in [3.8, 4) is 0 Å². The van der Waals surface area contributed by atoms with Gasteiger partial charge in [0.1, 0.15) is 0 Å². The highest BCUT2D eigenvalue weighted by Gasteiger charge is 2.22. The van der Waals surface area contributed by atoms with Crippen molar-refractivity contribution in [1.29, 1.82) is 0 Å². The molecule has 1 aliphatic carbocycles. The summed E-state index contributed by atoms with van der Waals surface area (Å²) in [7, 11) is 2.68. The third kappa shape index (κ3) is 6.18. The van der Waals surface area contributed by atoms with Crippen LogP contribution in [0.5, 0.6) is 0 Å². The predicted molar refractivity (Wildman–Crippen MR) is 78.8 cm³/mol. The number of rotatable bonds is 7. The van der Waals surface area contributed by atoms with Crippen LogP contribution in [0.2, 0.25) is 0 Å². The van der Waals surface area contributed by atoms with Crippen LogP contribution in [-0.2, 0) is 9.09 Å². The standard InChI is InChI=1S/C10H21N2O2PS2/c1-3-14-15(13,17-16-2)12-9-11-10-7-5-4-6-8-10/h9-10H,3-8H2,1-2H3,(H,11,12,13). The van der Waals surface area contributed by atoms with E-state index in [0.29, 0.717) is 12.6 Å². The summed E-state index contributed by atoms with van der Waals surface area (Å²) in [6, 6.07) is 0.394. The van der Waals surface area contributed by atoms with E-state index in [2.05, 4.69) is 10.1 Å². The van der Waals surface area contributed by atoms with Crippen LogP contribution in [0.1, 0.15) is 39.0 Å². The minimum atomic E-state index is -2.81. The maximum atomic E-state index is 12.2. The molecule has 0 saturated heterocycles. The normalized spacial score (nSPS) is 21.5. The van der Waals surface area contributed by atoms with Gasteiger partial charge < -0.3 is 4.52 Å². The Hall–Kier alpha value is 0.360. The molecule has 1 atom stereocenters. The SMILES string of the molecule is CCOP(=O)(NC=NC1CCCCC1)SSC. The third-order valence-electron chi connectivity index (χ3n) is 2.55. The van der Waals surface area contributed by atoms with E-state index in [-0.39, 0.29) is 0 Å². The molecule has 4 nitrogen and oxygen atoms in total. The average molecular weight is 296 g/mol. The maximum Gasteiger partial charge on any atom is 0.362 e. The van der Waals surface area contributed by atoms with Crippen LogP contribution in [0, 0.1) is 0 Å². The van der Waals surface area contributed by atoms with Gasteiger partial charge in [-0.25, -0.2) is 0 Å². The van der Waals surface area contributed by atoms with E-state index < -0.39 is 6.72 Å². The summed E-state index contributed by atoms with van der Waals surface area (Å²) >= 11 is 0. The zero-order chi connectivity index (χ0) is 12.6. The van der Waals surface area contributed by atoms with Crippen LogP contribution < -0.4 is 5.09 Å². The molecule has 17 heavy (non-hydrogen) atoms. The van der Waals surface area contributed by atoms with E-state index >= 15 is 0 Å². The molecule has 0 spiro atoms. The Kier molecular flexibility index (Phi) is 7.67. The molecule has 1 saturated carbocycles. The quantitative estimate of drug-likeness (QED) is 0.332. The van der Waals surface area contributed by atoms with Crippen molar-refractivity contribution in [2.24, 2.45) is 4.99 Å². The first kappa shape index (κ1) is 15.4. The van der Waals surface area contributed by atoms with E-state index in [1.165, 1.54) is 40.5 Å². The van der Waals surface area contributed by atoms with Crippen LogP contribution in [0.25, 0.3) is 0 Å². The molecule has 0 aromatic rings. The van der Waals surface area contributed by atoms with Crippen molar-refractivity contribution in [2.45, 2.75) is 45.1 Å². The number of hydrogen-bond donors (Lipinski definition) is 1. The van der Waals surface area contributed by atoms with Gasteiger partial charge in [0.05, 0.1) is 19.0 Å². The minimum absolute atomic E-state index is 0.394. The number of nitrogens with zero attached hydrogens (tertiary/aromatic N) is 1. The molecule has 1 N–H and O–H groups in total. The van der Waals surface area contributed by atoms with Gasteiger partial charge in [-0.1, -0.05) is 30.1 Å². The summed E-state index contributed by atoms with van der Waals surface area (Å²) in [5.41, 5.74) is 0. The van der Waals surface area contributed by atoms with Crippen molar-refractivity contribution < 1.29 is 9.09 Å². The van der Waals surface area contributed by atoms with Crippen molar-refractivity contribution in [1.82, 2.24) is 5.09 Å². The Bertz CT molecular complexity index is 273. The van der Waals surface area contributed by atoms with Crippen LogP contribution >= 0.6 is 27.9 Å². The first-order chi connectivity index (χ1) is 8.20. The number of aliphatic imine (C=N–C) groups is 1. The Balaban J connectivity index is 2.39.